The van der Waals surface area contributed by atoms with Gasteiger partial charge < -0.3 is 23.5 Å². The van der Waals surface area contributed by atoms with E-state index in [4.69, 9.17) is 14.2 Å². The molecule has 3 rings (SSSR count). The van der Waals surface area contributed by atoms with Gasteiger partial charge in [-0.2, -0.15) is 0 Å². The van der Waals surface area contributed by atoms with Gasteiger partial charge in [0, 0.05) is 23.0 Å². The van der Waals surface area contributed by atoms with Crippen LogP contribution in [0.25, 0.3) is 10.9 Å². The number of ether oxygens (including phenoxy) is 3. The smallest absolute Gasteiger partial charge is 0.224 e. The molecule has 1 heterocycles. The van der Waals surface area contributed by atoms with E-state index >= 15 is 0 Å². The summed E-state index contributed by atoms with van der Waals surface area (Å²) in [4.78, 5) is 8.41. The Morgan fingerprint density at radius 3 is 2.42 bits per heavy atom. The topological polar surface area (TPSA) is 106 Å². The second-order valence-corrected chi connectivity index (χ2v) is 5.90. The monoisotopic (exact) mass is 374 g/mol. The van der Waals surface area contributed by atoms with Crippen LogP contribution in [0, 0.1) is 0 Å². The van der Waals surface area contributed by atoms with E-state index in [0.29, 0.717) is 34.0 Å². The Bertz CT molecular complexity index is 934. The number of hydrogen-bond donors (Lipinski definition) is 1. The SMILES string of the molecule is COc1cc2ncnc(OCc3ccc(NS(=O)[O-])cc3)c2cc1OC. The maximum atomic E-state index is 10.6. The van der Waals surface area contributed by atoms with Crippen molar-refractivity contribution in [2.75, 3.05) is 18.9 Å². The number of nitrogens with one attached hydrogen (secondary N) is 1. The summed E-state index contributed by atoms with van der Waals surface area (Å²) in [5.41, 5.74) is 2.01. The molecule has 26 heavy (non-hydrogen) atoms. The molecule has 1 unspecified atom stereocenters. The molecular formula is C17H16N3O5S-. The fourth-order valence-electron chi connectivity index (χ4n) is 2.39. The lowest BCUT2D eigenvalue weighted by Gasteiger charge is -2.12. The number of aromatic nitrogens is 2. The summed E-state index contributed by atoms with van der Waals surface area (Å²) < 4.78 is 39.9. The summed E-state index contributed by atoms with van der Waals surface area (Å²) in [7, 11) is 3.11. The number of methoxy groups -OCH3 is 2. The van der Waals surface area contributed by atoms with Crippen LogP contribution in [0.1, 0.15) is 5.56 Å². The number of hydrogen-bond acceptors (Lipinski definition) is 7. The number of nitrogens with zero attached hydrogens (tertiary/aromatic N) is 2. The average Bonchev–Trinajstić information content (AvgIpc) is 2.65. The van der Waals surface area contributed by atoms with Crippen molar-refractivity contribution in [2.24, 2.45) is 0 Å². The molecule has 1 aromatic heterocycles. The van der Waals surface area contributed by atoms with Gasteiger partial charge in [-0.15, -0.1) is 0 Å². The molecule has 0 radical (unpaired) electrons. The minimum absolute atomic E-state index is 0.265. The molecule has 8 nitrogen and oxygen atoms in total. The first-order valence-corrected chi connectivity index (χ1v) is 8.62. The number of benzene rings is 2. The number of fused-ring (bicyclic) bond motifs is 1. The van der Waals surface area contributed by atoms with Crippen LogP contribution in [0.4, 0.5) is 5.69 Å². The molecule has 136 valence electrons. The Morgan fingerprint density at radius 2 is 1.77 bits per heavy atom. The molecule has 0 amide bonds. The van der Waals surface area contributed by atoms with Crippen LogP contribution in [0.3, 0.4) is 0 Å². The fraction of sp³-hybridized carbons (Fsp3) is 0.176. The molecule has 0 spiro atoms. The molecule has 0 bridgehead atoms. The van der Waals surface area contributed by atoms with Crippen molar-refractivity contribution in [2.45, 2.75) is 6.61 Å². The predicted octanol–water partition coefficient (Wildman–Crippen LogP) is 2.43. The number of rotatable bonds is 7. The van der Waals surface area contributed by atoms with Crippen LogP contribution >= 0.6 is 0 Å². The highest BCUT2D eigenvalue weighted by molar-refractivity contribution is 7.80. The normalized spacial score (nSPS) is 11.8. The van der Waals surface area contributed by atoms with Gasteiger partial charge in [0.05, 0.1) is 25.1 Å². The van der Waals surface area contributed by atoms with Crippen LogP contribution in [0.15, 0.2) is 42.7 Å². The van der Waals surface area contributed by atoms with Crippen LogP contribution in [0.2, 0.25) is 0 Å². The van der Waals surface area contributed by atoms with E-state index in [1.807, 2.05) is 0 Å². The Hall–Kier alpha value is -2.91. The van der Waals surface area contributed by atoms with Crippen molar-refractivity contribution in [1.29, 1.82) is 0 Å². The standard InChI is InChI=1S/C17H17N3O5S/c1-23-15-7-13-14(8-16(15)24-2)18-10-19-17(13)25-9-11-3-5-12(6-4-11)20-26(21)22/h3-8,10,20H,9H2,1-2H3,(H,21,22)/p-1. The summed E-state index contributed by atoms with van der Waals surface area (Å²) >= 11 is -2.35. The van der Waals surface area contributed by atoms with E-state index in [2.05, 4.69) is 14.7 Å². The second-order valence-electron chi connectivity index (χ2n) is 5.23. The van der Waals surface area contributed by atoms with Crippen molar-refractivity contribution >= 4 is 27.9 Å². The van der Waals surface area contributed by atoms with Gasteiger partial charge >= 0.3 is 0 Å². The Labute approximate surface area is 152 Å². The van der Waals surface area contributed by atoms with Crippen molar-refractivity contribution in [1.82, 2.24) is 9.97 Å². The Kier molecular flexibility index (Phi) is 5.49. The minimum Gasteiger partial charge on any atom is -0.755 e. The van der Waals surface area contributed by atoms with E-state index in [9.17, 15) is 8.76 Å². The first kappa shape index (κ1) is 17.9. The van der Waals surface area contributed by atoms with E-state index in [-0.39, 0.29) is 6.61 Å². The van der Waals surface area contributed by atoms with Crippen molar-refractivity contribution in [3.8, 4) is 17.4 Å². The molecule has 1 atom stereocenters. The predicted molar refractivity (Wildman–Crippen MR) is 96.0 cm³/mol. The third kappa shape index (κ3) is 4.01. The fourth-order valence-corrected chi connectivity index (χ4v) is 2.72. The zero-order valence-electron chi connectivity index (χ0n) is 14.1. The Balaban J connectivity index is 1.81. The molecule has 0 aliphatic heterocycles. The maximum absolute atomic E-state index is 10.6. The third-order valence-electron chi connectivity index (χ3n) is 3.63. The van der Waals surface area contributed by atoms with Gasteiger partial charge in [-0.1, -0.05) is 12.1 Å². The lowest BCUT2D eigenvalue weighted by atomic mass is 10.2. The summed E-state index contributed by atoms with van der Waals surface area (Å²) in [6.45, 7) is 0.265. The zero-order chi connectivity index (χ0) is 18.5. The Morgan fingerprint density at radius 1 is 1.08 bits per heavy atom. The minimum atomic E-state index is -2.35. The van der Waals surface area contributed by atoms with E-state index in [1.54, 1.807) is 50.6 Å². The maximum Gasteiger partial charge on any atom is 0.224 e. The van der Waals surface area contributed by atoms with Crippen LogP contribution in [-0.4, -0.2) is 32.9 Å². The van der Waals surface area contributed by atoms with Gasteiger partial charge in [-0.25, -0.2) is 9.97 Å². The van der Waals surface area contributed by atoms with Crippen LogP contribution in [0.5, 0.6) is 17.4 Å². The zero-order valence-corrected chi connectivity index (χ0v) is 14.9. The first-order valence-electron chi connectivity index (χ1n) is 7.55. The van der Waals surface area contributed by atoms with Gasteiger partial charge in [-0.05, 0) is 23.8 Å². The van der Waals surface area contributed by atoms with Crippen molar-refractivity contribution in [3.63, 3.8) is 0 Å². The van der Waals surface area contributed by atoms with Gasteiger partial charge in [0.15, 0.2) is 11.5 Å². The van der Waals surface area contributed by atoms with E-state index in [1.165, 1.54) is 6.33 Å². The molecule has 0 saturated carbocycles. The highest BCUT2D eigenvalue weighted by Crippen LogP contribution is 2.34. The van der Waals surface area contributed by atoms with Gasteiger partial charge in [0.25, 0.3) is 0 Å². The number of anilines is 1. The lowest BCUT2D eigenvalue weighted by Crippen LogP contribution is -2.03. The van der Waals surface area contributed by atoms with Crippen LogP contribution < -0.4 is 18.9 Å². The largest absolute Gasteiger partial charge is 0.755 e. The summed E-state index contributed by atoms with van der Waals surface area (Å²) in [5.74, 6) is 1.54. The molecular weight excluding hydrogens is 358 g/mol. The molecule has 0 saturated heterocycles. The average molecular weight is 374 g/mol. The highest BCUT2D eigenvalue weighted by Gasteiger charge is 2.12. The first-order chi connectivity index (χ1) is 12.6. The quantitative estimate of drug-likeness (QED) is 0.633. The van der Waals surface area contributed by atoms with E-state index in [0.717, 1.165) is 5.56 Å². The highest BCUT2D eigenvalue weighted by atomic mass is 32.2. The van der Waals surface area contributed by atoms with Gasteiger partial charge in [-0.3, -0.25) is 4.21 Å². The van der Waals surface area contributed by atoms with Crippen molar-refractivity contribution in [3.05, 3.63) is 48.3 Å². The second kappa shape index (κ2) is 7.98. The van der Waals surface area contributed by atoms with E-state index < -0.39 is 11.3 Å². The third-order valence-corrected chi connectivity index (χ3v) is 4.04. The van der Waals surface area contributed by atoms with Crippen molar-refractivity contribution < 1.29 is 23.0 Å². The lowest BCUT2D eigenvalue weighted by molar-refractivity contribution is 0.297. The molecule has 9 heteroatoms. The summed E-state index contributed by atoms with van der Waals surface area (Å²) in [6.07, 6.45) is 1.42. The molecule has 3 aromatic rings. The van der Waals surface area contributed by atoms with Gasteiger partial charge in [0.2, 0.25) is 5.88 Å². The molecule has 1 N–H and O–H groups in total. The summed E-state index contributed by atoms with van der Waals surface area (Å²) in [6, 6.07) is 10.4. The summed E-state index contributed by atoms with van der Waals surface area (Å²) in [5, 5.41) is 0.699. The molecule has 2 aromatic carbocycles. The van der Waals surface area contributed by atoms with Crippen LogP contribution in [-0.2, 0) is 17.9 Å². The molecule has 0 fully saturated rings. The van der Waals surface area contributed by atoms with Gasteiger partial charge in [0.1, 0.15) is 12.9 Å². The molecule has 0 aliphatic rings. The molecule has 0 aliphatic carbocycles.